The number of thiazole rings is 1. The van der Waals surface area contributed by atoms with Crippen molar-refractivity contribution in [2.45, 2.75) is 91.2 Å². The zero-order chi connectivity index (χ0) is 26.2. The Morgan fingerprint density at radius 1 is 1.09 bits per heavy atom. The SMILES string of the molecule is C[C@H]1CN(c2cccc3nc(OCCO[Si](C)(C)C(C)(C)C)sc23)C[C@H](C)N1C(=O)OC(C)(C)C. The van der Waals surface area contributed by atoms with Crippen molar-refractivity contribution in [1.29, 1.82) is 0 Å². The summed E-state index contributed by atoms with van der Waals surface area (Å²) >= 11 is 1.57. The maximum Gasteiger partial charge on any atom is 0.410 e. The molecule has 0 unspecified atom stereocenters. The number of nitrogens with zero attached hydrogens (tertiary/aromatic N) is 3. The Bertz CT molecular complexity index is 1020. The van der Waals surface area contributed by atoms with Gasteiger partial charge in [-0.05, 0) is 64.9 Å². The van der Waals surface area contributed by atoms with Crippen LogP contribution < -0.4 is 9.64 Å². The normalized spacial score (nSPS) is 19.8. The van der Waals surface area contributed by atoms with Gasteiger partial charge in [0, 0.05) is 13.1 Å². The molecule has 0 bridgehead atoms. The van der Waals surface area contributed by atoms with Crippen LogP contribution in [0.5, 0.6) is 5.19 Å². The summed E-state index contributed by atoms with van der Waals surface area (Å²) in [5.41, 5.74) is 1.56. The van der Waals surface area contributed by atoms with Crippen molar-refractivity contribution in [3.8, 4) is 5.19 Å². The molecule has 196 valence electrons. The topological polar surface area (TPSA) is 64.1 Å². The zero-order valence-electron chi connectivity index (χ0n) is 23.1. The van der Waals surface area contributed by atoms with E-state index in [2.05, 4.69) is 58.7 Å². The van der Waals surface area contributed by atoms with Crippen LogP contribution in [0.15, 0.2) is 18.2 Å². The van der Waals surface area contributed by atoms with E-state index in [-0.39, 0.29) is 23.2 Å². The van der Waals surface area contributed by atoms with E-state index < -0.39 is 13.9 Å². The van der Waals surface area contributed by atoms with Crippen LogP contribution in [-0.2, 0) is 9.16 Å². The summed E-state index contributed by atoms with van der Waals surface area (Å²) in [6.45, 7) is 23.6. The lowest BCUT2D eigenvalue weighted by atomic mass is 10.1. The first-order chi connectivity index (χ1) is 16.1. The maximum absolute atomic E-state index is 12.8. The average Bonchev–Trinajstić information content (AvgIpc) is 3.11. The fraction of sp³-hybridized carbons (Fsp3) is 0.692. The molecule has 1 aromatic heterocycles. The predicted molar refractivity (Wildman–Crippen MR) is 147 cm³/mol. The number of aromatic nitrogens is 1. The van der Waals surface area contributed by atoms with Gasteiger partial charge in [-0.1, -0.05) is 38.2 Å². The third kappa shape index (κ3) is 6.68. The van der Waals surface area contributed by atoms with Crippen molar-refractivity contribution >= 4 is 41.7 Å². The number of hydrogen-bond acceptors (Lipinski definition) is 7. The molecule has 0 N–H and O–H groups in total. The number of piperazine rings is 1. The van der Waals surface area contributed by atoms with Crippen molar-refractivity contribution in [3.05, 3.63) is 18.2 Å². The fourth-order valence-corrected chi connectivity index (χ4v) is 6.07. The summed E-state index contributed by atoms with van der Waals surface area (Å²) < 4.78 is 19.0. The van der Waals surface area contributed by atoms with Crippen molar-refractivity contribution in [1.82, 2.24) is 9.88 Å². The molecule has 7 nitrogen and oxygen atoms in total. The summed E-state index contributed by atoms with van der Waals surface area (Å²) in [5.74, 6) is 0. The number of carbonyl (C=O) groups excluding carboxylic acids is 1. The minimum absolute atomic E-state index is 0.0278. The fourth-order valence-electron chi connectivity index (χ4n) is 4.06. The predicted octanol–water partition coefficient (Wildman–Crippen LogP) is 6.53. The van der Waals surface area contributed by atoms with Crippen LogP contribution in [0.4, 0.5) is 10.5 Å². The lowest BCUT2D eigenvalue weighted by Crippen LogP contribution is -2.59. The molecule has 0 aliphatic carbocycles. The number of ether oxygens (including phenoxy) is 2. The van der Waals surface area contributed by atoms with Gasteiger partial charge in [-0.3, -0.25) is 4.90 Å². The van der Waals surface area contributed by atoms with E-state index in [0.717, 1.165) is 29.0 Å². The average molecular weight is 522 g/mol. The highest BCUT2D eigenvalue weighted by Gasteiger charge is 2.37. The second kappa shape index (κ2) is 10.3. The molecule has 2 heterocycles. The van der Waals surface area contributed by atoms with E-state index >= 15 is 0 Å². The molecular formula is C26H43N3O4SSi. The highest BCUT2D eigenvalue weighted by molar-refractivity contribution is 7.20. The van der Waals surface area contributed by atoms with Gasteiger partial charge in [-0.25, -0.2) is 9.78 Å². The Hall–Kier alpha value is -1.84. The zero-order valence-corrected chi connectivity index (χ0v) is 24.9. The molecule has 1 saturated heterocycles. The largest absolute Gasteiger partial charge is 0.468 e. The van der Waals surface area contributed by atoms with Crippen LogP contribution in [0.3, 0.4) is 0 Å². The summed E-state index contributed by atoms with van der Waals surface area (Å²) in [6, 6.07) is 6.25. The Labute approximate surface area is 215 Å². The molecule has 9 heteroatoms. The molecule has 3 rings (SSSR count). The maximum atomic E-state index is 12.8. The second-order valence-electron chi connectivity index (χ2n) is 12.1. The van der Waals surface area contributed by atoms with Gasteiger partial charge in [0.05, 0.1) is 34.6 Å². The summed E-state index contributed by atoms with van der Waals surface area (Å²) in [7, 11) is -1.79. The van der Waals surface area contributed by atoms with Gasteiger partial charge in [0.1, 0.15) is 12.2 Å². The standard InChI is InChI=1S/C26H43N3O4SSi/c1-18-16-28(17-19(2)29(18)24(30)33-25(3,4)5)21-13-11-12-20-22(21)34-23(27-20)31-14-15-32-35(9,10)26(6,7)8/h11-13,18-19H,14-17H2,1-10H3/t18-,19-/m0/s1. The van der Waals surface area contributed by atoms with Crippen molar-refractivity contribution < 1.29 is 18.7 Å². The van der Waals surface area contributed by atoms with E-state index in [1.165, 1.54) is 0 Å². The van der Waals surface area contributed by atoms with Gasteiger partial charge < -0.3 is 18.8 Å². The summed E-state index contributed by atoms with van der Waals surface area (Å²) in [5, 5.41) is 0.847. The number of rotatable bonds is 6. The number of fused-ring (bicyclic) bond motifs is 1. The molecule has 1 fully saturated rings. The molecular weight excluding hydrogens is 478 g/mol. The van der Waals surface area contributed by atoms with Crippen LogP contribution in [0.2, 0.25) is 18.1 Å². The highest BCUT2D eigenvalue weighted by Crippen LogP contribution is 2.38. The Balaban J connectivity index is 1.68. The molecule has 0 saturated carbocycles. The van der Waals surface area contributed by atoms with Crippen molar-refractivity contribution in [3.63, 3.8) is 0 Å². The first-order valence-electron chi connectivity index (χ1n) is 12.5. The quantitative estimate of drug-likeness (QED) is 0.318. The van der Waals surface area contributed by atoms with E-state index in [1.54, 1.807) is 11.3 Å². The molecule has 1 aromatic carbocycles. The third-order valence-corrected chi connectivity index (χ3v) is 12.4. The lowest BCUT2D eigenvalue weighted by molar-refractivity contribution is 0.00568. The van der Waals surface area contributed by atoms with Crippen LogP contribution in [0.25, 0.3) is 10.2 Å². The summed E-state index contributed by atoms with van der Waals surface area (Å²) in [4.78, 5) is 21.7. The van der Waals surface area contributed by atoms with Crippen LogP contribution in [0.1, 0.15) is 55.4 Å². The molecule has 35 heavy (non-hydrogen) atoms. The van der Waals surface area contributed by atoms with Gasteiger partial charge in [0.2, 0.25) is 0 Å². The number of carbonyl (C=O) groups is 1. The Morgan fingerprint density at radius 3 is 2.29 bits per heavy atom. The van der Waals surface area contributed by atoms with Crippen molar-refractivity contribution in [2.75, 3.05) is 31.2 Å². The summed E-state index contributed by atoms with van der Waals surface area (Å²) in [6.07, 6.45) is -0.247. The van der Waals surface area contributed by atoms with Crippen LogP contribution in [0, 0.1) is 0 Å². The van der Waals surface area contributed by atoms with E-state index in [9.17, 15) is 4.79 Å². The van der Waals surface area contributed by atoms with E-state index in [4.69, 9.17) is 18.9 Å². The number of benzene rings is 1. The van der Waals surface area contributed by atoms with Crippen molar-refractivity contribution in [2.24, 2.45) is 0 Å². The third-order valence-electron chi connectivity index (χ3n) is 6.82. The molecule has 1 aliphatic heterocycles. The van der Waals surface area contributed by atoms with Gasteiger partial charge in [0.25, 0.3) is 5.19 Å². The van der Waals surface area contributed by atoms with Gasteiger partial charge in [0.15, 0.2) is 8.32 Å². The molecule has 1 amide bonds. The smallest absolute Gasteiger partial charge is 0.410 e. The second-order valence-corrected chi connectivity index (χ2v) is 17.8. The van der Waals surface area contributed by atoms with Gasteiger partial charge >= 0.3 is 6.09 Å². The minimum atomic E-state index is -1.79. The number of hydrogen-bond donors (Lipinski definition) is 0. The van der Waals surface area contributed by atoms with E-state index in [1.807, 2.05) is 37.8 Å². The molecule has 1 aliphatic rings. The molecule has 0 spiro atoms. The van der Waals surface area contributed by atoms with E-state index in [0.29, 0.717) is 18.4 Å². The minimum Gasteiger partial charge on any atom is -0.468 e. The van der Waals surface area contributed by atoms with Gasteiger partial charge in [-0.2, -0.15) is 0 Å². The molecule has 0 radical (unpaired) electrons. The monoisotopic (exact) mass is 521 g/mol. The molecule has 2 atom stereocenters. The number of amides is 1. The Kier molecular flexibility index (Phi) is 8.13. The van der Waals surface area contributed by atoms with Crippen LogP contribution >= 0.6 is 11.3 Å². The number of anilines is 1. The first kappa shape index (κ1) is 27.7. The lowest BCUT2D eigenvalue weighted by Gasteiger charge is -2.45. The first-order valence-corrected chi connectivity index (χ1v) is 16.2. The Morgan fingerprint density at radius 2 is 1.71 bits per heavy atom. The highest BCUT2D eigenvalue weighted by atomic mass is 32.1. The molecule has 2 aromatic rings. The van der Waals surface area contributed by atoms with Gasteiger partial charge in [-0.15, -0.1) is 0 Å². The van der Waals surface area contributed by atoms with Crippen LogP contribution in [-0.4, -0.2) is 68.3 Å².